The summed E-state index contributed by atoms with van der Waals surface area (Å²) in [6.45, 7) is 6.95. The van der Waals surface area contributed by atoms with Gasteiger partial charge in [0.25, 0.3) is 5.91 Å². The zero-order chi connectivity index (χ0) is 14.8. The van der Waals surface area contributed by atoms with Crippen molar-refractivity contribution in [1.82, 2.24) is 10.3 Å². The summed E-state index contributed by atoms with van der Waals surface area (Å²) >= 11 is 0. The quantitative estimate of drug-likeness (QED) is 0.864. The molecule has 2 atom stereocenters. The molecule has 2 N–H and O–H groups in total. The van der Waals surface area contributed by atoms with E-state index in [0.29, 0.717) is 18.1 Å². The van der Waals surface area contributed by atoms with E-state index in [1.807, 2.05) is 19.1 Å². The number of ether oxygens (including phenoxy) is 1. The van der Waals surface area contributed by atoms with E-state index in [-0.39, 0.29) is 23.5 Å². The number of hydrogen-bond acceptors (Lipinski definition) is 4. The summed E-state index contributed by atoms with van der Waals surface area (Å²) in [5.74, 6) is 0.563. The topological polar surface area (TPSA) is 63.2 Å². The molecule has 1 heterocycles. The average Bonchev–Trinajstić information content (AvgIpc) is 2.46. The Hall–Kier alpha value is -1.62. The molecule has 1 aromatic rings. The number of hydrogen-bond donors (Lipinski definition) is 2. The van der Waals surface area contributed by atoms with Crippen LogP contribution in [-0.2, 0) is 4.74 Å². The van der Waals surface area contributed by atoms with E-state index in [1.165, 1.54) is 0 Å². The lowest BCUT2D eigenvalue weighted by Crippen LogP contribution is -2.62. The van der Waals surface area contributed by atoms with E-state index in [0.717, 1.165) is 6.42 Å². The molecule has 0 saturated heterocycles. The number of pyridine rings is 1. The zero-order valence-corrected chi connectivity index (χ0v) is 12.6. The fourth-order valence-corrected chi connectivity index (χ4v) is 2.55. The molecule has 0 radical (unpaired) electrons. The maximum Gasteiger partial charge on any atom is 0.270 e. The Labute approximate surface area is 120 Å². The molecular weight excluding hydrogens is 254 g/mol. The number of anilines is 1. The normalized spacial score (nSPS) is 23.8. The van der Waals surface area contributed by atoms with Gasteiger partial charge < -0.3 is 15.4 Å². The smallest absolute Gasteiger partial charge is 0.270 e. The summed E-state index contributed by atoms with van der Waals surface area (Å²) in [5, 5.41) is 5.99. The monoisotopic (exact) mass is 277 g/mol. The fourth-order valence-electron chi connectivity index (χ4n) is 2.55. The van der Waals surface area contributed by atoms with E-state index in [1.54, 1.807) is 13.1 Å². The van der Waals surface area contributed by atoms with E-state index in [9.17, 15) is 4.79 Å². The first kappa shape index (κ1) is 14.8. The van der Waals surface area contributed by atoms with Gasteiger partial charge in [0.1, 0.15) is 11.5 Å². The van der Waals surface area contributed by atoms with Crippen LogP contribution in [0.25, 0.3) is 0 Å². The Bertz CT molecular complexity index is 488. The maximum atomic E-state index is 12.2. The van der Waals surface area contributed by atoms with Crippen molar-refractivity contribution in [2.45, 2.75) is 39.3 Å². The number of nitrogens with one attached hydrogen (secondary N) is 2. The van der Waals surface area contributed by atoms with Gasteiger partial charge in [-0.3, -0.25) is 4.79 Å². The minimum absolute atomic E-state index is 0.0354. The summed E-state index contributed by atoms with van der Waals surface area (Å²) in [6.07, 6.45) is 1.08. The highest BCUT2D eigenvalue weighted by atomic mass is 16.5. The molecule has 2 unspecified atom stereocenters. The molecule has 2 rings (SSSR count). The van der Waals surface area contributed by atoms with Crippen LogP contribution in [0.15, 0.2) is 18.2 Å². The second kappa shape index (κ2) is 5.79. The average molecular weight is 277 g/mol. The molecular formula is C15H23N3O2. The van der Waals surface area contributed by atoms with Crippen LogP contribution >= 0.6 is 0 Å². The van der Waals surface area contributed by atoms with Crippen molar-refractivity contribution in [3.8, 4) is 0 Å². The van der Waals surface area contributed by atoms with Crippen LogP contribution in [0.4, 0.5) is 5.82 Å². The van der Waals surface area contributed by atoms with Crippen molar-refractivity contribution < 1.29 is 9.53 Å². The van der Waals surface area contributed by atoms with Gasteiger partial charge in [0, 0.05) is 25.1 Å². The molecule has 1 aromatic heterocycles. The third-order valence-corrected chi connectivity index (χ3v) is 4.09. The van der Waals surface area contributed by atoms with Crippen LogP contribution in [0.1, 0.15) is 37.7 Å². The molecule has 0 aromatic carbocycles. The van der Waals surface area contributed by atoms with Gasteiger partial charge in [-0.2, -0.15) is 0 Å². The van der Waals surface area contributed by atoms with Crippen molar-refractivity contribution in [2.75, 3.05) is 19.0 Å². The maximum absolute atomic E-state index is 12.2. The molecule has 0 aliphatic heterocycles. The zero-order valence-electron chi connectivity index (χ0n) is 12.6. The van der Waals surface area contributed by atoms with Gasteiger partial charge >= 0.3 is 0 Å². The van der Waals surface area contributed by atoms with Gasteiger partial charge in [0.15, 0.2) is 0 Å². The van der Waals surface area contributed by atoms with Gasteiger partial charge in [0.2, 0.25) is 0 Å². The number of rotatable bonds is 5. The first-order valence-corrected chi connectivity index (χ1v) is 7.06. The predicted molar refractivity (Wildman–Crippen MR) is 78.8 cm³/mol. The van der Waals surface area contributed by atoms with Crippen LogP contribution in [0.3, 0.4) is 0 Å². The standard InChI is InChI=1S/C15H23N3O2/c1-5-20-12-9-11(15(12,2)3)18-14(19)10-7-6-8-13(16-4)17-10/h6-8,11-12H,5,9H2,1-4H3,(H,16,17)(H,18,19). The van der Waals surface area contributed by atoms with Crippen LogP contribution in [0, 0.1) is 5.41 Å². The van der Waals surface area contributed by atoms with E-state index in [2.05, 4.69) is 29.5 Å². The highest BCUT2D eigenvalue weighted by molar-refractivity contribution is 5.93. The first-order chi connectivity index (χ1) is 9.48. The van der Waals surface area contributed by atoms with Crippen molar-refractivity contribution in [3.05, 3.63) is 23.9 Å². The molecule has 20 heavy (non-hydrogen) atoms. The van der Waals surface area contributed by atoms with Gasteiger partial charge in [-0.15, -0.1) is 0 Å². The van der Waals surface area contributed by atoms with Crippen molar-refractivity contribution >= 4 is 11.7 Å². The highest BCUT2D eigenvalue weighted by Crippen LogP contribution is 2.42. The molecule has 1 fully saturated rings. The third kappa shape index (κ3) is 2.77. The largest absolute Gasteiger partial charge is 0.378 e. The highest BCUT2D eigenvalue weighted by Gasteiger charge is 2.49. The van der Waals surface area contributed by atoms with Gasteiger partial charge in [0.05, 0.1) is 6.10 Å². The SMILES string of the molecule is CCOC1CC(NC(=O)c2cccc(NC)n2)C1(C)C. The van der Waals surface area contributed by atoms with Crippen LogP contribution in [0.2, 0.25) is 0 Å². The minimum atomic E-state index is -0.130. The number of carbonyl (C=O) groups is 1. The van der Waals surface area contributed by atoms with Crippen LogP contribution in [0.5, 0.6) is 0 Å². The van der Waals surface area contributed by atoms with Crippen LogP contribution < -0.4 is 10.6 Å². The number of carbonyl (C=O) groups excluding carboxylic acids is 1. The Balaban J connectivity index is 1.99. The fraction of sp³-hybridized carbons (Fsp3) is 0.600. The molecule has 1 saturated carbocycles. The molecule has 0 spiro atoms. The van der Waals surface area contributed by atoms with E-state index < -0.39 is 0 Å². The lowest BCUT2D eigenvalue weighted by Gasteiger charge is -2.51. The van der Waals surface area contributed by atoms with Gasteiger partial charge in [-0.25, -0.2) is 4.98 Å². The van der Waals surface area contributed by atoms with Gasteiger partial charge in [-0.05, 0) is 25.5 Å². The lowest BCUT2D eigenvalue weighted by atomic mass is 9.64. The Morgan fingerprint density at radius 2 is 2.25 bits per heavy atom. The molecule has 5 heteroatoms. The summed E-state index contributed by atoms with van der Waals surface area (Å²) in [5.41, 5.74) is 0.402. The summed E-state index contributed by atoms with van der Waals surface area (Å²) < 4.78 is 5.67. The van der Waals surface area contributed by atoms with Crippen LogP contribution in [-0.4, -0.2) is 36.7 Å². The minimum Gasteiger partial charge on any atom is -0.378 e. The Morgan fingerprint density at radius 1 is 1.50 bits per heavy atom. The predicted octanol–water partition coefficient (Wildman–Crippen LogP) is 2.06. The lowest BCUT2D eigenvalue weighted by molar-refractivity contribution is -0.111. The summed E-state index contributed by atoms with van der Waals surface area (Å²) in [4.78, 5) is 16.5. The molecule has 5 nitrogen and oxygen atoms in total. The Kier molecular flexibility index (Phi) is 4.28. The second-order valence-corrected chi connectivity index (χ2v) is 5.69. The summed E-state index contributed by atoms with van der Waals surface area (Å²) in [7, 11) is 1.78. The van der Waals surface area contributed by atoms with Crippen molar-refractivity contribution in [2.24, 2.45) is 5.41 Å². The number of amides is 1. The second-order valence-electron chi connectivity index (χ2n) is 5.69. The van der Waals surface area contributed by atoms with Gasteiger partial charge in [-0.1, -0.05) is 19.9 Å². The molecule has 1 amide bonds. The number of nitrogens with zero attached hydrogens (tertiary/aromatic N) is 1. The Morgan fingerprint density at radius 3 is 2.85 bits per heavy atom. The van der Waals surface area contributed by atoms with Crippen molar-refractivity contribution in [3.63, 3.8) is 0 Å². The van der Waals surface area contributed by atoms with E-state index >= 15 is 0 Å². The third-order valence-electron chi connectivity index (χ3n) is 4.09. The molecule has 1 aliphatic rings. The molecule has 1 aliphatic carbocycles. The first-order valence-electron chi connectivity index (χ1n) is 7.06. The summed E-state index contributed by atoms with van der Waals surface area (Å²) in [6, 6.07) is 5.51. The molecule has 0 bridgehead atoms. The van der Waals surface area contributed by atoms with Crippen molar-refractivity contribution in [1.29, 1.82) is 0 Å². The van der Waals surface area contributed by atoms with E-state index in [4.69, 9.17) is 4.74 Å². The number of aromatic nitrogens is 1. The molecule has 110 valence electrons.